The molecular formula is C21H19N9O4. The van der Waals surface area contributed by atoms with E-state index in [1.54, 1.807) is 48.5 Å². The van der Waals surface area contributed by atoms with Gasteiger partial charge in [0.05, 0.1) is 13.3 Å². The van der Waals surface area contributed by atoms with Crippen LogP contribution in [0, 0.1) is 0 Å². The number of benzene rings is 2. The molecule has 2 aromatic heterocycles. The molecule has 0 unspecified atom stereocenters. The number of ether oxygens (including phenoxy) is 1. The molecule has 13 heteroatoms. The predicted molar refractivity (Wildman–Crippen MR) is 121 cm³/mol. The molecule has 13 nitrogen and oxygen atoms in total. The Hall–Kier alpha value is -5.07. The van der Waals surface area contributed by atoms with Crippen molar-refractivity contribution >= 4 is 29.5 Å². The number of nitrogens with two attached hydrogens (primary N) is 1. The highest BCUT2D eigenvalue weighted by Crippen LogP contribution is 2.28. The number of nitrogen functional groups attached to an aromatic ring is 1. The topological polar surface area (TPSA) is 175 Å². The quantitative estimate of drug-likeness (QED) is 0.273. The third kappa shape index (κ3) is 4.72. The van der Waals surface area contributed by atoms with E-state index < -0.39 is 5.91 Å². The Balaban J connectivity index is 1.61. The van der Waals surface area contributed by atoms with Crippen molar-refractivity contribution in [1.29, 1.82) is 0 Å². The van der Waals surface area contributed by atoms with Crippen molar-refractivity contribution in [3.05, 3.63) is 59.8 Å². The van der Waals surface area contributed by atoms with Crippen LogP contribution in [0.4, 0.5) is 11.5 Å². The van der Waals surface area contributed by atoms with Crippen LogP contribution in [0.3, 0.4) is 0 Å². The number of methoxy groups -OCH3 is 1. The average molecular weight is 461 g/mol. The monoisotopic (exact) mass is 461 g/mol. The average Bonchev–Trinajstić information content (AvgIpc) is 3.45. The lowest BCUT2D eigenvalue weighted by Crippen LogP contribution is -2.19. The van der Waals surface area contributed by atoms with Crippen molar-refractivity contribution in [2.75, 3.05) is 18.2 Å². The molecule has 34 heavy (non-hydrogen) atoms. The van der Waals surface area contributed by atoms with Crippen molar-refractivity contribution in [3.63, 3.8) is 0 Å². The van der Waals surface area contributed by atoms with Crippen LogP contribution in [0.15, 0.2) is 58.3 Å². The van der Waals surface area contributed by atoms with E-state index in [2.05, 4.69) is 41.1 Å². The first-order valence-electron chi connectivity index (χ1n) is 9.86. The fourth-order valence-electron chi connectivity index (χ4n) is 3.02. The van der Waals surface area contributed by atoms with Crippen LogP contribution < -0.4 is 21.2 Å². The first-order chi connectivity index (χ1) is 16.5. The lowest BCUT2D eigenvalue weighted by molar-refractivity contribution is -0.114. The summed E-state index contributed by atoms with van der Waals surface area (Å²) in [6, 6.07) is 13.9. The number of nitrogens with zero attached hydrogens (tertiary/aromatic N) is 6. The maximum Gasteiger partial charge on any atom is 0.294 e. The number of amides is 2. The lowest BCUT2D eigenvalue weighted by Gasteiger charge is -2.07. The summed E-state index contributed by atoms with van der Waals surface area (Å²) in [5.74, 6) is -0.181. The minimum atomic E-state index is -0.620. The molecule has 0 radical (unpaired) electrons. The van der Waals surface area contributed by atoms with Crippen LogP contribution in [-0.4, -0.2) is 50.4 Å². The van der Waals surface area contributed by atoms with Crippen molar-refractivity contribution in [1.82, 2.24) is 30.7 Å². The van der Waals surface area contributed by atoms with Gasteiger partial charge in [0, 0.05) is 18.2 Å². The SMILES string of the molecule is COc1cccc(-c2c(C(=O)N/N=C/c3ccc(NC(C)=O)cc3)nnn2-c2nonc2N)c1. The van der Waals surface area contributed by atoms with Crippen LogP contribution in [0.1, 0.15) is 23.0 Å². The number of hydrazone groups is 1. The van der Waals surface area contributed by atoms with Gasteiger partial charge in [0.2, 0.25) is 17.5 Å². The van der Waals surface area contributed by atoms with Crippen LogP contribution in [0.5, 0.6) is 5.75 Å². The largest absolute Gasteiger partial charge is 0.497 e. The zero-order chi connectivity index (χ0) is 24.1. The van der Waals surface area contributed by atoms with Crippen LogP contribution in [0.25, 0.3) is 17.1 Å². The summed E-state index contributed by atoms with van der Waals surface area (Å²) >= 11 is 0. The highest BCUT2D eigenvalue weighted by molar-refractivity contribution is 5.99. The van der Waals surface area contributed by atoms with Gasteiger partial charge in [-0.2, -0.15) is 9.78 Å². The maximum absolute atomic E-state index is 12.9. The van der Waals surface area contributed by atoms with Gasteiger partial charge >= 0.3 is 0 Å². The second kappa shape index (κ2) is 9.60. The molecule has 0 aliphatic carbocycles. The van der Waals surface area contributed by atoms with Gasteiger partial charge in [-0.1, -0.05) is 29.5 Å². The molecule has 0 aliphatic heterocycles. The molecule has 4 N–H and O–H groups in total. The fourth-order valence-corrected chi connectivity index (χ4v) is 3.02. The normalized spacial score (nSPS) is 10.9. The van der Waals surface area contributed by atoms with Crippen LogP contribution in [-0.2, 0) is 4.79 Å². The molecule has 4 rings (SSSR count). The third-order valence-electron chi connectivity index (χ3n) is 4.54. The van der Waals surface area contributed by atoms with Crippen LogP contribution in [0.2, 0.25) is 0 Å². The number of hydrogen-bond acceptors (Lipinski definition) is 10. The number of carbonyl (C=O) groups excluding carboxylic acids is 2. The first-order valence-corrected chi connectivity index (χ1v) is 9.86. The fraction of sp³-hybridized carbons (Fsp3) is 0.0952. The number of rotatable bonds is 7. The van der Waals surface area contributed by atoms with E-state index in [0.717, 1.165) is 0 Å². The van der Waals surface area contributed by atoms with Crippen molar-refractivity contribution in [2.45, 2.75) is 6.92 Å². The second-order valence-corrected chi connectivity index (χ2v) is 6.91. The summed E-state index contributed by atoms with van der Waals surface area (Å²) in [6.45, 7) is 1.42. The summed E-state index contributed by atoms with van der Waals surface area (Å²) in [5, 5.41) is 21.9. The Morgan fingerprint density at radius 3 is 2.65 bits per heavy atom. The number of anilines is 2. The number of carbonyl (C=O) groups is 2. The summed E-state index contributed by atoms with van der Waals surface area (Å²) in [4.78, 5) is 24.0. The Morgan fingerprint density at radius 1 is 1.18 bits per heavy atom. The molecule has 2 heterocycles. The minimum Gasteiger partial charge on any atom is -0.497 e. The standard InChI is InChI=1S/C21H19N9O4/c1-12(31)24-15-8-6-13(7-9-15)11-23-26-21(32)17-18(14-4-3-5-16(10-14)33-2)30(29-25-17)20-19(22)27-34-28-20/h3-11H,1-2H3,(H2,22,27)(H,24,31)(H,26,32)/b23-11+. The molecular weight excluding hydrogens is 442 g/mol. The number of hydrogen-bond donors (Lipinski definition) is 3. The summed E-state index contributed by atoms with van der Waals surface area (Å²) < 4.78 is 11.2. The van der Waals surface area contributed by atoms with Gasteiger partial charge in [-0.05, 0) is 40.1 Å². The van der Waals surface area contributed by atoms with Crippen molar-refractivity contribution in [3.8, 4) is 22.8 Å². The summed E-state index contributed by atoms with van der Waals surface area (Å²) in [7, 11) is 1.53. The van der Waals surface area contributed by atoms with E-state index in [9.17, 15) is 9.59 Å². The van der Waals surface area contributed by atoms with E-state index in [1.807, 2.05) is 0 Å². The molecule has 2 aromatic carbocycles. The Bertz CT molecular complexity index is 1360. The van der Waals surface area contributed by atoms with Gasteiger partial charge in [0.25, 0.3) is 5.91 Å². The highest BCUT2D eigenvalue weighted by Gasteiger charge is 2.25. The number of nitrogens with one attached hydrogen (secondary N) is 2. The summed E-state index contributed by atoms with van der Waals surface area (Å²) in [5.41, 5.74) is 10.4. The van der Waals surface area contributed by atoms with Gasteiger partial charge < -0.3 is 15.8 Å². The molecule has 2 amide bonds. The Kier molecular flexibility index (Phi) is 6.25. The minimum absolute atomic E-state index is 0.0262. The van der Waals surface area contributed by atoms with E-state index in [0.29, 0.717) is 22.6 Å². The van der Waals surface area contributed by atoms with E-state index in [1.165, 1.54) is 24.9 Å². The highest BCUT2D eigenvalue weighted by atomic mass is 16.6. The van der Waals surface area contributed by atoms with E-state index >= 15 is 0 Å². The van der Waals surface area contributed by atoms with Crippen molar-refractivity contribution < 1.29 is 19.0 Å². The lowest BCUT2D eigenvalue weighted by atomic mass is 10.1. The zero-order valence-corrected chi connectivity index (χ0v) is 18.1. The first kappa shape index (κ1) is 22.1. The summed E-state index contributed by atoms with van der Waals surface area (Å²) in [6.07, 6.45) is 1.45. The smallest absolute Gasteiger partial charge is 0.294 e. The molecule has 0 atom stereocenters. The Labute approximate surface area is 192 Å². The van der Waals surface area contributed by atoms with Gasteiger partial charge in [0.1, 0.15) is 11.4 Å². The maximum atomic E-state index is 12.9. The molecule has 0 aliphatic rings. The molecule has 0 saturated carbocycles. The van der Waals surface area contributed by atoms with Gasteiger partial charge in [-0.25, -0.2) is 10.1 Å². The number of aromatic nitrogens is 5. The molecule has 0 spiro atoms. The van der Waals surface area contributed by atoms with Crippen LogP contribution >= 0.6 is 0 Å². The molecule has 172 valence electrons. The third-order valence-corrected chi connectivity index (χ3v) is 4.54. The molecule has 0 bridgehead atoms. The van der Waals surface area contributed by atoms with Gasteiger partial charge in [-0.15, -0.1) is 5.10 Å². The van der Waals surface area contributed by atoms with Gasteiger partial charge in [-0.3, -0.25) is 9.59 Å². The Morgan fingerprint density at radius 2 is 1.97 bits per heavy atom. The van der Waals surface area contributed by atoms with Crippen molar-refractivity contribution in [2.24, 2.45) is 5.10 Å². The van der Waals surface area contributed by atoms with E-state index in [-0.39, 0.29) is 28.9 Å². The van der Waals surface area contributed by atoms with Gasteiger partial charge in [0.15, 0.2) is 5.69 Å². The zero-order valence-electron chi connectivity index (χ0n) is 18.1. The predicted octanol–water partition coefficient (Wildman–Crippen LogP) is 1.63. The van der Waals surface area contributed by atoms with E-state index in [4.69, 9.17) is 10.5 Å². The molecule has 0 fully saturated rings. The molecule has 4 aromatic rings. The molecule has 0 saturated heterocycles. The second-order valence-electron chi connectivity index (χ2n) is 6.91.